The Morgan fingerprint density at radius 2 is 2.06 bits per heavy atom. The molecule has 4 rings (SSSR count). The van der Waals surface area contributed by atoms with E-state index in [1.807, 2.05) is 30.3 Å². The van der Waals surface area contributed by atoms with Crippen LogP contribution >= 0.6 is 11.3 Å². The number of amides is 1. The van der Waals surface area contributed by atoms with Crippen LogP contribution < -0.4 is 26.0 Å². The molecule has 1 aromatic carbocycles. The molecule has 0 unspecified atom stereocenters. The minimum atomic E-state index is -0.304. The Hall–Kier alpha value is -3.76. The van der Waals surface area contributed by atoms with Crippen molar-refractivity contribution in [2.24, 2.45) is 10.7 Å². The molecule has 0 bridgehead atoms. The van der Waals surface area contributed by atoms with Crippen molar-refractivity contribution in [1.82, 2.24) is 15.3 Å². The second kappa shape index (κ2) is 10.7. The number of carbonyl (C=O) groups excluding carboxylic acids is 1. The first-order valence-electron chi connectivity index (χ1n) is 10.4. The highest BCUT2D eigenvalue weighted by Gasteiger charge is 2.18. The van der Waals surface area contributed by atoms with E-state index in [2.05, 4.69) is 30.5 Å². The minimum absolute atomic E-state index is 0.300. The molecule has 3 heterocycles. The molecule has 1 aliphatic rings. The number of benzene rings is 1. The van der Waals surface area contributed by atoms with Crippen LogP contribution in [0, 0.1) is 0 Å². The summed E-state index contributed by atoms with van der Waals surface area (Å²) in [5.74, 6) is 0.463. The third-order valence-electron chi connectivity index (χ3n) is 5.04. The number of pyridine rings is 1. The van der Waals surface area contributed by atoms with E-state index in [-0.39, 0.29) is 5.91 Å². The van der Waals surface area contributed by atoms with Gasteiger partial charge in [0.15, 0.2) is 0 Å². The fraction of sp³-hybridized carbons (Fsp3) is 0.217. The van der Waals surface area contributed by atoms with Crippen molar-refractivity contribution in [3.8, 4) is 5.75 Å². The van der Waals surface area contributed by atoms with Crippen LogP contribution in [0.25, 0.3) is 5.70 Å². The fourth-order valence-corrected chi connectivity index (χ4v) is 4.04. The number of nitrogens with two attached hydrogens (primary N) is 1. The number of methoxy groups -OCH3 is 1. The summed E-state index contributed by atoms with van der Waals surface area (Å²) in [5.41, 5.74) is 9.25. The van der Waals surface area contributed by atoms with Crippen molar-refractivity contribution in [3.63, 3.8) is 0 Å². The van der Waals surface area contributed by atoms with Gasteiger partial charge in [0.2, 0.25) is 0 Å². The molecule has 170 valence electrons. The highest BCUT2D eigenvalue weighted by Crippen LogP contribution is 2.26. The van der Waals surface area contributed by atoms with E-state index in [1.165, 1.54) is 11.3 Å². The smallest absolute Gasteiger partial charge is 0.275 e. The molecule has 9 nitrogen and oxygen atoms in total. The van der Waals surface area contributed by atoms with Crippen LogP contribution in [0.2, 0.25) is 0 Å². The van der Waals surface area contributed by atoms with E-state index in [1.54, 1.807) is 37.2 Å². The van der Waals surface area contributed by atoms with E-state index in [4.69, 9.17) is 10.5 Å². The molecule has 10 heteroatoms. The number of carbonyl (C=O) groups is 1. The third kappa shape index (κ3) is 5.73. The summed E-state index contributed by atoms with van der Waals surface area (Å²) in [7, 11) is 1.62. The molecular weight excluding hydrogens is 438 g/mol. The van der Waals surface area contributed by atoms with Crippen molar-refractivity contribution in [3.05, 3.63) is 64.9 Å². The lowest BCUT2D eigenvalue weighted by atomic mass is 10.2. The summed E-state index contributed by atoms with van der Waals surface area (Å²) in [5, 5.41) is 8.50. The number of thiazole rings is 1. The van der Waals surface area contributed by atoms with Crippen LogP contribution in [-0.4, -0.2) is 55.4 Å². The van der Waals surface area contributed by atoms with Crippen molar-refractivity contribution in [2.75, 3.05) is 43.5 Å². The molecule has 0 saturated carbocycles. The Morgan fingerprint density at radius 1 is 1.27 bits per heavy atom. The average Bonchev–Trinajstić information content (AvgIpc) is 3.36. The minimum Gasteiger partial charge on any atom is -0.497 e. The van der Waals surface area contributed by atoms with Gasteiger partial charge in [-0.2, -0.15) is 0 Å². The molecule has 0 radical (unpaired) electrons. The summed E-state index contributed by atoms with van der Waals surface area (Å²) < 4.78 is 5.13. The molecule has 0 spiro atoms. The average molecular weight is 464 g/mol. The molecule has 1 amide bonds. The van der Waals surface area contributed by atoms with Gasteiger partial charge in [-0.15, -0.1) is 11.3 Å². The first kappa shape index (κ1) is 22.4. The number of aliphatic imine (C=N–C) groups is 1. The Kier molecular flexibility index (Phi) is 7.28. The van der Waals surface area contributed by atoms with Gasteiger partial charge in [0.1, 0.15) is 16.5 Å². The van der Waals surface area contributed by atoms with Crippen LogP contribution in [0.15, 0.2) is 59.2 Å². The zero-order valence-corrected chi connectivity index (χ0v) is 19.0. The standard InChI is InChI=1S/C23H25N7O2S/c1-32-17-4-2-16(3-5-17)27-9-6-18(24)23-29-20(15-33-23)22(31)28-19-14-26-8-7-21(19)30-12-10-25-11-13-30/h2-9,14-15,25H,10-13,24H2,1H3,(H,28,31). The van der Waals surface area contributed by atoms with Gasteiger partial charge in [-0.25, -0.2) is 4.98 Å². The molecule has 4 N–H and O–H groups in total. The quantitative estimate of drug-likeness (QED) is 0.461. The lowest BCUT2D eigenvalue weighted by molar-refractivity contribution is 0.102. The van der Waals surface area contributed by atoms with Crippen LogP contribution in [-0.2, 0) is 0 Å². The molecule has 0 aliphatic carbocycles. The van der Waals surface area contributed by atoms with Crippen LogP contribution in [0.3, 0.4) is 0 Å². The summed E-state index contributed by atoms with van der Waals surface area (Å²) in [6.07, 6.45) is 6.65. The summed E-state index contributed by atoms with van der Waals surface area (Å²) in [4.78, 5) is 27.9. The Morgan fingerprint density at radius 3 is 2.82 bits per heavy atom. The second-order valence-corrected chi connectivity index (χ2v) is 8.08. The lowest BCUT2D eigenvalue weighted by Gasteiger charge is -2.30. The number of anilines is 2. The lowest BCUT2D eigenvalue weighted by Crippen LogP contribution is -2.43. The highest BCUT2D eigenvalue weighted by atomic mass is 32.1. The van der Waals surface area contributed by atoms with Gasteiger partial charge in [0.25, 0.3) is 5.91 Å². The third-order valence-corrected chi connectivity index (χ3v) is 5.93. The molecule has 33 heavy (non-hydrogen) atoms. The second-order valence-electron chi connectivity index (χ2n) is 7.22. The van der Waals surface area contributed by atoms with E-state index < -0.39 is 0 Å². The number of nitrogens with zero attached hydrogens (tertiary/aromatic N) is 4. The zero-order chi connectivity index (χ0) is 23.0. The Balaban J connectivity index is 1.42. The normalized spacial score (nSPS) is 14.5. The van der Waals surface area contributed by atoms with E-state index in [9.17, 15) is 4.79 Å². The van der Waals surface area contributed by atoms with Crippen molar-refractivity contribution < 1.29 is 9.53 Å². The van der Waals surface area contributed by atoms with Gasteiger partial charge in [-0.3, -0.25) is 14.8 Å². The van der Waals surface area contributed by atoms with E-state index in [0.29, 0.717) is 22.1 Å². The fourth-order valence-electron chi connectivity index (χ4n) is 3.31. The van der Waals surface area contributed by atoms with Gasteiger partial charge in [-0.05, 0) is 36.4 Å². The maximum atomic E-state index is 12.8. The number of rotatable bonds is 7. The first-order chi connectivity index (χ1) is 16.1. The van der Waals surface area contributed by atoms with Crippen LogP contribution in [0.1, 0.15) is 15.5 Å². The van der Waals surface area contributed by atoms with Crippen LogP contribution in [0.5, 0.6) is 5.75 Å². The number of nitrogens with one attached hydrogen (secondary N) is 2. The largest absolute Gasteiger partial charge is 0.497 e. The predicted octanol–water partition coefficient (Wildman–Crippen LogP) is 2.91. The number of hydrogen-bond acceptors (Lipinski definition) is 9. The van der Waals surface area contributed by atoms with E-state index in [0.717, 1.165) is 43.3 Å². The highest BCUT2D eigenvalue weighted by molar-refractivity contribution is 7.11. The molecule has 1 saturated heterocycles. The Bertz CT molecular complexity index is 1150. The number of aromatic nitrogens is 2. The molecule has 1 aliphatic heterocycles. The monoisotopic (exact) mass is 463 g/mol. The van der Waals surface area contributed by atoms with Gasteiger partial charge >= 0.3 is 0 Å². The molecule has 0 atom stereocenters. The molecule has 1 fully saturated rings. The topological polar surface area (TPSA) is 118 Å². The van der Waals surface area contributed by atoms with Gasteiger partial charge in [-0.1, -0.05) is 0 Å². The Labute approximate surface area is 196 Å². The first-order valence-corrected chi connectivity index (χ1v) is 11.3. The summed E-state index contributed by atoms with van der Waals surface area (Å²) in [6.45, 7) is 3.54. The van der Waals surface area contributed by atoms with Gasteiger partial charge in [0, 0.05) is 44.0 Å². The predicted molar refractivity (Wildman–Crippen MR) is 133 cm³/mol. The SMILES string of the molecule is COc1ccc(N=CC=C(N)c2nc(C(=O)Nc3cnccc3N3CCNCC3)cs2)cc1. The maximum absolute atomic E-state index is 12.8. The molecule has 2 aromatic heterocycles. The van der Waals surface area contributed by atoms with Crippen molar-refractivity contribution in [1.29, 1.82) is 0 Å². The maximum Gasteiger partial charge on any atom is 0.275 e. The van der Waals surface area contributed by atoms with E-state index >= 15 is 0 Å². The number of hydrogen-bond donors (Lipinski definition) is 3. The number of ether oxygens (including phenoxy) is 1. The molecular formula is C23H25N7O2S. The van der Waals surface area contributed by atoms with Crippen molar-refractivity contribution >= 4 is 46.2 Å². The number of piperazine rings is 1. The van der Waals surface area contributed by atoms with Gasteiger partial charge < -0.3 is 26.0 Å². The summed E-state index contributed by atoms with van der Waals surface area (Å²) >= 11 is 1.30. The number of allylic oxidation sites excluding steroid dienone is 1. The molecule has 3 aromatic rings. The van der Waals surface area contributed by atoms with Crippen LogP contribution in [0.4, 0.5) is 17.1 Å². The zero-order valence-electron chi connectivity index (χ0n) is 18.2. The van der Waals surface area contributed by atoms with Crippen molar-refractivity contribution in [2.45, 2.75) is 0 Å². The summed E-state index contributed by atoms with van der Waals surface area (Å²) in [6, 6.07) is 9.27. The van der Waals surface area contributed by atoms with Gasteiger partial charge in [0.05, 0.1) is 36.1 Å².